The molecular weight excluding hydrogens is 528 g/mol. The average Bonchev–Trinajstić information content (AvgIpc) is 3.02. The molecule has 0 radical (unpaired) electrons. The number of ether oxygens (including phenoxy) is 3. The van der Waals surface area contributed by atoms with E-state index in [1.54, 1.807) is 12.4 Å². The quantitative estimate of drug-likeness (QED) is 0.437. The van der Waals surface area contributed by atoms with Gasteiger partial charge in [0.1, 0.15) is 11.9 Å². The van der Waals surface area contributed by atoms with Crippen molar-refractivity contribution in [3.63, 3.8) is 0 Å². The Morgan fingerprint density at radius 3 is 2.55 bits per heavy atom. The largest absolute Gasteiger partial charge is 0.481 e. The van der Waals surface area contributed by atoms with Crippen molar-refractivity contribution in [2.75, 3.05) is 67.7 Å². The highest BCUT2D eigenvalue weighted by Crippen LogP contribution is 2.32. The monoisotopic (exact) mass is 564 g/mol. The molecule has 3 fully saturated rings. The number of nitrogens with one attached hydrogen (secondary N) is 1. The zero-order valence-corrected chi connectivity index (χ0v) is 23.5. The van der Waals surface area contributed by atoms with E-state index in [9.17, 15) is 4.79 Å². The number of carbonyl (C=O) groups excluding carboxylic acids is 1. The third-order valence-corrected chi connectivity index (χ3v) is 8.61. The van der Waals surface area contributed by atoms with Crippen LogP contribution in [0.2, 0.25) is 0 Å². The van der Waals surface area contributed by atoms with Crippen LogP contribution in [0.3, 0.4) is 0 Å². The third-order valence-electron chi connectivity index (χ3n) is 7.67. The maximum Gasteiger partial charge on any atom is 0.260 e. The second kappa shape index (κ2) is 12.9. The van der Waals surface area contributed by atoms with Gasteiger partial charge in [0.05, 0.1) is 25.6 Å². The highest BCUT2D eigenvalue weighted by atomic mass is 32.2. The van der Waals surface area contributed by atoms with E-state index in [0.717, 1.165) is 93.2 Å². The van der Waals surface area contributed by atoms with Gasteiger partial charge >= 0.3 is 0 Å². The van der Waals surface area contributed by atoms with Gasteiger partial charge < -0.3 is 29.3 Å². The molecule has 0 spiro atoms. The van der Waals surface area contributed by atoms with Gasteiger partial charge in [-0.1, -0.05) is 18.2 Å². The Morgan fingerprint density at radius 1 is 1.02 bits per heavy atom. The van der Waals surface area contributed by atoms with Crippen molar-refractivity contribution < 1.29 is 19.0 Å². The number of rotatable bonds is 8. The lowest BCUT2D eigenvalue weighted by Crippen LogP contribution is -2.40. The maximum absolute atomic E-state index is 12.3. The van der Waals surface area contributed by atoms with Crippen LogP contribution in [0, 0.1) is 0 Å². The minimum Gasteiger partial charge on any atom is -0.481 e. The number of amides is 1. The molecule has 1 saturated carbocycles. The van der Waals surface area contributed by atoms with Crippen LogP contribution in [0.4, 0.5) is 11.8 Å². The van der Waals surface area contributed by atoms with E-state index in [4.69, 9.17) is 19.2 Å². The van der Waals surface area contributed by atoms with Crippen LogP contribution in [-0.4, -0.2) is 95.4 Å². The second-order valence-electron chi connectivity index (χ2n) is 10.4. The zero-order chi connectivity index (χ0) is 27.1. The summed E-state index contributed by atoms with van der Waals surface area (Å²) < 4.78 is 17.7. The standard InChI is InChI=1S/C29H36N6O4S/c36-27(35-11-15-40-16-12-35)20-38-24-18-30-29(31-19-24)32-22-5-7-23(8-6-22)39-28-25-4-2-1-3-21(25)17-26(33-28)34-9-13-37-14-10-34/h1-4,17-19,22-23H,5-16,20H2,(H,30,31,32)/t22-,23+. The van der Waals surface area contributed by atoms with E-state index in [0.29, 0.717) is 17.6 Å². The Labute approximate surface area is 238 Å². The van der Waals surface area contributed by atoms with Crippen molar-refractivity contribution in [2.24, 2.45) is 0 Å². The van der Waals surface area contributed by atoms with Gasteiger partial charge in [0, 0.05) is 49.1 Å². The molecule has 3 aromatic rings. The lowest BCUT2D eigenvalue weighted by atomic mass is 9.93. The molecule has 0 unspecified atom stereocenters. The Balaban J connectivity index is 1.00. The topological polar surface area (TPSA) is 102 Å². The second-order valence-corrected chi connectivity index (χ2v) is 11.6. The number of hydrogen-bond acceptors (Lipinski definition) is 10. The number of benzene rings is 1. The molecule has 1 N–H and O–H groups in total. The number of thioether (sulfide) groups is 1. The first-order valence-electron chi connectivity index (χ1n) is 14.2. The summed E-state index contributed by atoms with van der Waals surface area (Å²) in [6, 6.07) is 10.7. The Hall–Kier alpha value is -3.31. The number of morpholine rings is 1. The van der Waals surface area contributed by atoms with Gasteiger partial charge in [-0.15, -0.1) is 0 Å². The Bertz CT molecular complexity index is 1280. The van der Waals surface area contributed by atoms with Crippen molar-refractivity contribution in [2.45, 2.75) is 37.8 Å². The van der Waals surface area contributed by atoms with E-state index < -0.39 is 0 Å². The molecule has 0 atom stereocenters. The van der Waals surface area contributed by atoms with Crippen molar-refractivity contribution in [3.05, 3.63) is 42.7 Å². The van der Waals surface area contributed by atoms with Crippen molar-refractivity contribution in [1.29, 1.82) is 0 Å². The third kappa shape index (κ3) is 6.69. The minimum absolute atomic E-state index is 0.0116. The molecule has 0 bridgehead atoms. The number of aromatic nitrogens is 3. The van der Waals surface area contributed by atoms with E-state index >= 15 is 0 Å². The number of hydrogen-bond donors (Lipinski definition) is 1. The van der Waals surface area contributed by atoms with Crippen LogP contribution in [0.25, 0.3) is 10.8 Å². The predicted octanol–water partition coefficient (Wildman–Crippen LogP) is 3.62. The smallest absolute Gasteiger partial charge is 0.260 e. The SMILES string of the molecule is O=C(COc1cnc(N[C@H]2CC[C@@H](Oc3nc(N4CCOCC4)cc4ccccc34)CC2)nc1)N1CCSCC1. The maximum atomic E-state index is 12.3. The molecule has 1 amide bonds. The number of nitrogens with zero attached hydrogens (tertiary/aromatic N) is 5. The zero-order valence-electron chi connectivity index (χ0n) is 22.7. The lowest BCUT2D eigenvalue weighted by molar-refractivity contribution is -0.133. The first kappa shape index (κ1) is 26.9. The summed E-state index contributed by atoms with van der Waals surface area (Å²) >= 11 is 1.88. The molecule has 2 saturated heterocycles. The summed E-state index contributed by atoms with van der Waals surface area (Å²) in [4.78, 5) is 30.2. The van der Waals surface area contributed by atoms with Crippen molar-refractivity contribution in [3.8, 4) is 11.6 Å². The molecule has 11 heteroatoms. The number of pyridine rings is 1. The lowest BCUT2D eigenvalue weighted by Gasteiger charge is -2.31. The Morgan fingerprint density at radius 2 is 1.77 bits per heavy atom. The highest BCUT2D eigenvalue weighted by molar-refractivity contribution is 7.99. The van der Waals surface area contributed by atoms with Crippen molar-refractivity contribution in [1.82, 2.24) is 19.9 Å². The van der Waals surface area contributed by atoms with Gasteiger partial charge in [-0.2, -0.15) is 16.7 Å². The summed E-state index contributed by atoms with van der Waals surface area (Å²) in [5.41, 5.74) is 0. The van der Waals surface area contributed by atoms with Gasteiger partial charge in [-0.3, -0.25) is 4.79 Å². The molecule has 6 rings (SSSR count). The average molecular weight is 565 g/mol. The minimum atomic E-state index is 0.0116. The first-order valence-corrected chi connectivity index (χ1v) is 15.3. The van der Waals surface area contributed by atoms with Gasteiger partial charge in [0.25, 0.3) is 5.91 Å². The summed E-state index contributed by atoms with van der Waals surface area (Å²) in [5.74, 6) is 4.72. The molecule has 1 aromatic carbocycles. The van der Waals surface area contributed by atoms with Crippen LogP contribution in [0.1, 0.15) is 25.7 Å². The highest BCUT2D eigenvalue weighted by Gasteiger charge is 2.25. The van der Waals surface area contributed by atoms with Crippen LogP contribution >= 0.6 is 11.8 Å². The molecular formula is C29H36N6O4S. The van der Waals surface area contributed by atoms with E-state index in [1.165, 1.54) is 0 Å². The van der Waals surface area contributed by atoms with Crippen LogP contribution in [-0.2, 0) is 9.53 Å². The fourth-order valence-electron chi connectivity index (χ4n) is 5.38. The number of fused-ring (bicyclic) bond motifs is 1. The fraction of sp³-hybridized carbons (Fsp3) is 0.517. The van der Waals surface area contributed by atoms with Gasteiger partial charge in [-0.25, -0.2) is 9.97 Å². The normalized spacial score (nSPS) is 21.7. The molecule has 4 heterocycles. The molecule has 212 valence electrons. The molecule has 3 aliphatic rings. The van der Waals surface area contributed by atoms with E-state index in [1.807, 2.05) is 22.7 Å². The molecule has 2 aromatic heterocycles. The first-order chi connectivity index (χ1) is 19.7. The molecule has 10 nitrogen and oxygen atoms in total. The molecule has 1 aliphatic carbocycles. The van der Waals surface area contributed by atoms with Crippen molar-refractivity contribution >= 4 is 40.2 Å². The summed E-state index contributed by atoms with van der Waals surface area (Å²) in [6.07, 6.45) is 7.12. The van der Waals surface area contributed by atoms with Gasteiger partial charge in [0.15, 0.2) is 12.4 Å². The summed E-state index contributed by atoms with van der Waals surface area (Å²) in [5, 5.41) is 5.64. The predicted molar refractivity (Wildman–Crippen MR) is 157 cm³/mol. The summed E-state index contributed by atoms with van der Waals surface area (Å²) in [7, 11) is 0. The van der Waals surface area contributed by atoms with E-state index in [2.05, 4.69) is 44.5 Å². The van der Waals surface area contributed by atoms with Gasteiger partial charge in [-0.05, 0) is 43.2 Å². The Kier molecular flexibility index (Phi) is 8.68. The van der Waals surface area contributed by atoms with E-state index in [-0.39, 0.29) is 24.7 Å². The fourth-order valence-corrected chi connectivity index (χ4v) is 6.28. The molecule has 40 heavy (non-hydrogen) atoms. The van der Waals surface area contributed by atoms with Crippen LogP contribution in [0.15, 0.2) is 42.7 Å². The van der Waals surface area contributed by atoms with Crippen LogP contribution < -0.4 is 19.7 Å². The molecule has 2 aliphatic heterocycles. The van der Waals surface area contributed by atoms with Gasteiger partial charge in [0.2, 0.25) is 11.8 Å². The number of carbonyl (C=O) groups is 1. The number of anilines is 2. The van der Waals surface area contributed by atoms with Crippen LogP contribution in [0.5, 0.6) is 11.6 Å². The summed E-state index contributed by atoms with van der Waals surface area (Å²) in [6.45, 7) is 4.71.